The molecule has 1 heterocycles. The number of hydrogen-bond acceptors (Lipinski definition) is 6. The van der Waals surface area contributed by atoms with Gasteiger partial charge in [-0.15, -0.1) is 0 Å². The summed E-state index contributed by atoms with van der Waals surface area (Å²) < 4.78 is 5.37. The molecule has 0 saturated heterocycles. The summed E-state index contributed by atoms with van der Waals surface area (Å²) in [7, 11) is 1.82. The lowest BCUT2D eigenvalue weighted by atomic mass is 10.2. The molecule has 2 aromatic rings. The number of benzene rings is 1. The van der Waals surface area contributed by atoms with Gasteiger partial charge in [0.05, 0.1) is 4.92 Å². The number of aryl methyl sites for hydroxylation is 1. The zero-order valence-electron chi connectivity index (χ0n) is 11.2. The van der Waals surface area contributed by atoms with Crippen molar-refractivity contribution in [2.45, 2.75) is 13.5 Å². The number of nitro groups is 1. The topological polar surface area (TPSA) is 90.2 Å². The molecule has 0 unspecified atom stereocenters. The minimum absolute atomic E-state index is 0.0804. The van der Waals surface area contributed by atoms with E-state index >= 15 is 0 Å². The number of aromatic nitrogens is 2. The number of hydrogen-bond donors (Lipinski definition) is 1. The van der Waals surface area contributed by atoms with E-state index in [1.807, 2.05) is 7.05 Å². The lowest BCUT2D eigenvalue weighted by Crippen LogP contribution is -2.06. The molecule has 2 rings (SSSR count). The van der Waals surface area contributed by atoms with Gasteiger partial charge in [0.25, 0.3) is 0 Å². The van der Waals surface area contributed by atoms with Crippen LogP contribution in [0.4, 0.5) is 5.69 Å². The van der Waals surface area contributed by atoms with Gasteiger partial charge in [-0.05, 0) is 25.6 Å². The van der Waals surface area contributed by atoms with Crippen LogP contribution in [0.2, 0.25) is 0 Å². The highest BCUT2D eigenvalue weighted by Gasteiger charge is 2.16. The molecule has 7 nitrogen and oxygen atoms in total. The Bertz CT molecular complexity index is 614. The van der Waals surface area contributed by atoms with E-state index in [1.54, 1.807) is 31.5 Å². The quantitative estimate of drug-likeness (QED) is 0.664. The first-order valence-electron chi connectivity index (χ1n) is 5.98. The molecule has 0 saturated carbocycles. The van der Waals surface area contributed by atoms with Crippen molar-refractivity contribution in [3.63, 3.8) is 0 Å². The molecule has 7 heteroatoms. The average Bonchev–Trinajstić information content (AvgIpc) is 2.43. The van der Waals surface area contributed by atoms with Crippen LogP contribution in [0.1, 0.15) is 11.1 Å². The Balaban J connectivity index is 2.23. The normalized spacial score (nSPS) is 10.3. The van der Waals surface area contributed by atoms with Gasteiger partial charge in [0.1, 0.15) is 0 Å². The van der Waals surface area contributed by atoms with Gasteiger partial charge in [0.15, 0.2) is 0 Å². The molecule has 104 valence electrons. The van der Waals surface area contributed by atoms with Crippen LogP contribution in [0.25, 0.3) is 0 Å². The van der Waals surface area contributed by atoms with Crippen LogP contribution in [0, 0.1) is 17.0 Å². The van der Waals surface area contributed by atoms with Crippen molar-refractivity contribution in [3.8, 4) is 11.8 Å². The number of nitrogens with zero attached hydrogens (tertiary/aromatic N) is 3. The van der Waals surface area contributed by atoms with Crippen molar-refractivity contribution in [1.29, 1.82) is 0 Å². The van der Waals surface area contributed by atoms with Crippen LogP contribution in [-0.2, 0) is 6.54 Å². The van der Waals surface area contributed by atoms with Crippen molar-refractivity contribution in [2.75, 3.05) is 7.05 Å². The Hall–Kier alpha value is -2.54. The molecule has 0 aliphatic heterocycles. The molecule has 0 aliphatic carbocycles. The van der Waals surface area contributed by atoms with Gasteiger partial charge in [0.2, 0.25) is 5.75 Å². The van der Waals surface area contributed by atoms with E-state index in [1.165, 1.54) is 6.07 Å². The van der Waals surface area contributed by atoms with E-state index in [9.17, 15) is 10.1 Å². The predicted molar refractivity (Wildman–Crippen MR) is 72.7 cm³/mol. The van der Waals surface area contributed by atoms with Gasteiger partial charge in [-0.3, -0.25) is 10.1 Å². The Kier molecular flexibility index (Phi) is 4.21. The number of nitro benzene ring substituents is 1. The fourth-order valence-electron chi connectivity index (χ4n) is 1.65. The summed E-state index contributed by atoms with van der Waals surface area (Å²) in [4.78, 5) is 18.5. The second-order valence-corrected chi connectivity index (χ2v) is 4.23. The van der Waals surface area contributed by atoms with Gasteiger partial charge in [-0.25, -0.2) is 9.97 Å². The van der Waals surface area contributed by atoms with Crippen molar-refractivity contribution < 1.29 is 9.66 Å². The standard InChI is InChI=1S/C13H14N4O3/c1-9-3-4-12(11(5-9)17(18)19)20-13-15-7-10(6-14-2)8-16-13/h3-5,7-8,14H,6H2,1-2H3. The Morgan fingerprint density at radius 3 is 2.65 bits per heavy atom. The molecule has 0 aliphatic rings. The highest BCUT2D eigenvalue weighted by molar-refractivity contribution is 5.49. The number of nitrogens with one attached hydrogen (secondary N) is 1. The van der Waals surface area contributed by atoms with Crippen LogP contribution >= 0.6 is 0 Å². The molecule has 0 radical (unpaired) electrons. The van der Waals surface area contributed by atoms with Gasteiger partial charge in [-0.2, -0.15) is 0 Å². The van der Waals surface area contributed by atoms with Crippen LogP contribution < -0.4 is 10.1 Å². The zero-order valence-corrected chi connectivity index (χ0v) is 11.2. The molecular formula is C13H14N4O3. The summed E-state index contributed by atoms with van der Waals surface area (Å²) in [6.45, 7) is 2.42. The molecule has 20 heavy (non-hydrogen) atoms. The van der Waals surface area contributed by atoms with Crippen molar-refractivity contribution in [3.05, 3.63) is 51.8 Å². The molecule has 0 bridgehead atoms. The van der Waals surface area contributed by atoms with Gasteiger partial charge >= 0.3 is 11.7 Å². The number of rotatable bonds is 5. The first-order valence-corrected chi connectivity index (χ1v) is 5.98. The first-order chi connectivity index (χ1) is 9.60. The largest absolute Gasteiger partial charge is 0.417 e. The molecule has 0 amide bonds. The lowest BCUT2D eigenvalue weighted by Gasteiger charge is -2.05. The summed E-state index contributed by atoms with van der Waals surface area (Å²) in [5.74, 6) is 0.127. The molecule has 1 aromatic heterocycles. The second kappa shape index (κ2) is 6.07. The monoisotopic (exact) mass is 274 g/mol. The zero-order chi connectivity index (χ0) is 14.5. The summed E-state index contributed by atoms with van der Waals surface area (Å²) in [6, 6.07) is 4.80. The highest BCUT2D eigenvalue weighted by Crippen LogP contribution is 2.30. The summed E-state index contributed by atoms with van der Waals surface area (Å²) in [6.07, 6.45) is 3.22. The van der Waals surface area contributed by atoms with Gasteiger partial charge in [0, 0.05) is 30.6 Å². The van der Waals surface area contributed by atoms with E-state index in [4.69, 9.17) is 4.74 Å². The molecule has 1 aromatic carbocycles. The van der Waals surface area contributed by atoms with E-state index in [2.05, 4.69) is 15.3 Å². The fraction of sp³-hybridized carbons (Fsp3) is 0.231. The first kappa shape index (κ1) is 13.9. The van der Waals surface area contributed by atoms with Gasteiger partial charge < -0.3 is 10.1 Å². The Morgan fingerprint density at radius 1 is 1.35 bits per heavy atom. The average molecular weight is 274 g/mol. The van der Waals surface area contributed by atoms with Crippen LogP contribution in [0.15, 0.2) is 30.6 Å². The number of ether oxygens (including phenoxy) is 1. The smallest absolute Gasteiger partial charge is 0.322 e. The second-order valence-electron chi connectivity index (χ2n) is 4.23. The molecule has 0 atom stereocenters. The van der Waals surface area contributed by atoms with Crippen LogP contribution in [-0.4, -0.2) is 21.9 Å². The molecule has 0 spiro atoms. The fourth-order valence-corrected chi connectivity index (χ4v) is 1.65. The van der Waals surface area contributed by atoms with E-state index in [0.29, 0.717) is 6.54 Å². The molecule has 0 fully saturated rings. The maximum absolute atomic E-state index is 11.0. The SMILES string of the molecule is CNCc1cnc(Oc2ccc(C)cc2[N+](=O)[O-])nc1. The molecular weight excluding hydrogens is 260 g/mol. The Morgan fingerprint density at radius 2 is 2.05 bits per heavy atom. The van der Waals surface area contributed by atoms with Crippen molar-refractivity contribution >= 4 is 5.69 Å². The maximum Gasteiger partial charge on any atom is 0.322 e. The third-order valence-corrected chi connectivity index (χ3v) is 2.57. The summed E-state index contributed by atoms with van der Waals surface area (Å²) in [5, 5.41) is 14.0. The summed E-state index contributed by atoms with van der Waals surface area (Å²) in [5.41, 5.74) is 1.58. The van der Waals surface area contributed by atoms with Gasteiger partial charge in [-0.1, -0.05) is 6.07 Å². The minimum Gasteiger partial charge on any atom is -0.417 e. The third-order valence-electron chi connectivity index (χ3n) is 2.57. The van der Waals surface area contributed by atoms with Crippen LogP contribution in [0.5, 0.6) is 11.8 Å². The highest BCUT2D eigenvalue weighted by atomic mass is 16.6. The molecule has 1 N–H and O–H groups in total. The lowest BCUT2D eigenvalue weighted by molar-refractivity contribution is -0.385. The van der Waals surface area contributed by atoms with Crippen LogP contribution in [0.3, 0.4) is 0 Å². The summed E-state index contributed by atoms with van der Waals surface area (Å²) >= 11 is 0. The van der Waals surface area contributed by atoms with Crippen molar-refractivity contribution in [1.82, 2.24) is 15.3 Å². The maximum atomic E-state index is 11.0. The predicted octanol–water partition coefficient (Wildman–Crippen LogP) is 2.20. The third kappa shape index (κ3) is 3.27. The minimum atomic E-state index is -0.488. The van der Waals surface area contributed by atoms with E-state index in [0.717, 1.165) is 11.1 Å². The van der Waals surface area contributed by atoms with Crippen molar-refractivity contribution in [2.24, 2.45) is 0 Å². The Labute approximate surface area is 115 Å². The van der Waals surface area contributed by atoms with E-state index in [-0.39, 0.29) is 17.4 Å². The van der Waals surface area contributed by atoms with E-state index < -0.39 is 4.92 Å².